The van der Waals surface area contributed by atoms with Crippen LogP contribution in [0.3, 0.4) is 0 Å². The van der Waals surface area contributed by atoms with Crippen molar-refractivity contribution in [2.24, 2.45) is 0 Å². The van der Waals surface area contributed by atoms with Crippen molar-refractivity contribution < 1.29 is 9.47 Å². The zero-order chi connectivity index (χ0) is 14.8. The standard InChI is InChI=1S/C18H17NO2/c1-12-4-5-13-9-18(19-11-15(13)6-12)14-7-16(20-2)10-17(8-14)21-3/h4-11H,1-3H3. The molecule has 106 valence electrons. The molecule has 0 spiro atoms. The van der Waals surface area contributed by atoms with Gasteiger partial charge in [0.15, 0.2) is 0 Å². The second-order valence-corrected chi connectivity index (χ2v) is 5.02. The quantitative estimate of drug-likeness (QED) is 0.719. The molecule has 0 fully saturated rings. The third-order valence-electron chi connectivity index (χ3n) is 3.52. The second-order valence-electron chi connectivity index (χ2n) is 5.02. The van der Waals surface area contributed by atoms with Crippen molar-refractivity contribution in [2.45, 2.75) is 6.92 Å². The molecule has 0 aliphatic carbocycles. The molecule has 21 heavy (non-hydrogen) atoms. The van der Waals surface area contributed by atoms with Crippen molar-refractivity contribution >= 4 is 10.8 Å². The zero-order valence-corrected chi connectivity index (χ0v) is 12.4. The molecule has 3 nitrogen and oxygen atoms in total. The number of methoxy groups -OCH3 is 2. The third kappa shape index (κ3) is 2.68. The van der Waals surface area contributed by atoms with Crippen LogP contribution in [0.5, 0.6) is 11.5 Å². The lowest BCUT2D eigenvalue weighted by Gasteiger charge is -2.09. The molecule has 3 aromatic rings. The van der Waals surface area contributed by atoms with E-state index < -0.39 is 0 Å². The van der Waals surface area contributed by atoms with E-state index >= 15 is 0 Å². The van der Waals surface area contributed by atoms with Crippen molar-refractivity contribution in [3.63, 3.8) is 0 Å². The maximum atomic E-state index is 5.31. The molecule has 0 aliphatic heterocycles. The van der Waals surface area contributed by atoms with Gasteiger partial charge >= 0.3 is 0 Å². The topological polar surface area (TPSA) is 31.4 Å². The highest BCUT2D eigenvalue weighted by molar-refractivity contribution is 5.86. The van der Waals surface area contributed by atoms with Gasteiger partial charge in [-0.1, -0.05) is 17.7 Å². The zero-order valence-electron chi connectivity index (χ0n) is 12.4. The molecule has 3 heteroatoms. The number of aryl methyl sites for hydroxylation is 1. The van der Waals surface area contributed by atoms with E-state index in [-0.39, 0.29) is 0 Å². The van der Waals surface area contributed by atoms with Crippen molar-refractivity contribution in [1.82, 2.24) is 4.98 Å². The van der Waals surface area contributed by atoms with Crippen LogP contribution in [-0.2, 0) is 0 Å². The summed E-state index contributed by atoms with van der Waals surface area (Å²) in [7, 11) is 3.30. The fraction of sp³-hybridized carbons (Fsp3) is 0.167. The molecule has 0 atom stereocenters. The number of pyridine rings is 1. The van der Waals surface area contributed by atoms with Gasteiger partial charge in [0.2, 0.25) is 0 Å². The summed E-state index contributed by atoms with van der Waals surface area (Å²) in [6, 6.07) is 14.2. The fourth-order valence-corrected chi connectivity index (χ4v) is 2.37. The summed E-state index contributed by atoms with van der Waals surface area (Å²) in [5, 5.41) is 2.32. The van der Waals surface area contributed by atoms with Gasteiger partial charge < -0.3 is 9.47 Å². The van der Waals surface area contributed by atoms with Crippen LogP contribution in [0.15, 0.2) is 48.7 Å². The number of benzene rings is 2. The third-order valence-corrected chi connectivity index (χ3v) is 3.52. The van der Waals surface area contributed by atoms with E-state index in [0.29, 0.717) is 0 Å². The minimum Gasteiger partial charge on any atom is -0.497 e. The SMILES string of the molecule is COc1cc(OC)cc(-c2cc3ccc(C)cc3cn2)c1. The monoisotopic (exact) mass is 279 g/mol. The van der Waals surface area contributed by atoms with Crippen LogP contribution in [0.25, 0.3) is 22.0 Å². The Kier molecular flexibility index (Phi) is 3.48. The summed E-state index contributed by atoms with van der Waals surface area (Å²) >= 11 is 0. The van der Waals surface area contributed by atoms with Gasteiger partial charge in [0.25, 0.3) is 0 Å². The Labute approximate surface area is 124 Å². The first-order chi connectivity index (χ1) is 10.2. The van der Waals surface area contributed by atoms with Crippen LogP contribution < -0.4 is 9.47 Å². The van der Waals surface area contributed by atoms with Crippen molar-refractivity contribution in [2.75, 3.05) is 14.2 Å². The predicted molar refractivity (Wildman–Crippen MR) is 85.0 cm³/mol. The van der Waals surface area contributed by atoms with E-state index in [9.17, 15) is 0 Å². The first-order valence-corrected chi connectivity index (χ1v) is 6.79. The van der Waals surface area contributed by atoms with Gasteiger partial charge in [0.1, 0.15) is 11.5 Å². The molecule has 0 unspecified atom stereocenters. The van der Waals surface area contributed by atoms with Crippen molar-refractivity contribution in [3.8, 4) is 22.8 Å². The number of ether oxygens (including phenoxy) is 2. The average molecular weight is 279 g/mol. The highest BCUT2D eigenvalue weighted by Crippen LogP contribution is 2.30. The lowest BCUT2D eigenvalue weighted by molar-refractivity contribution is 0.394. The summed E-state index contributed by atoms with van der Waals surface area (Å²) in [6.07, 6.45) is 1.91. The molecule has 0 saturated carbocycles. The van der Waals surface area contributed by atoms with Gasteiger partial charge in [-0.25, -0.2) is 0 Å². The van der Waals surface area contributed by atoms with Crippen molar-refractivity contribution in [1.29, 1.82) is 0 Å². The summed E-state index contributed by atoms with van der Waals surface area (Å²) in [6.45, 7) is 2.08. The molecular weight excluding hydrogens is 262 g/mol. The Morgan fingerprint density at radius 3 is 2.19 bits per heavy atom. The maximum absolute atomic E-state index is 5.31. The molecule has 3 rings (SSSR count). The molecular formula is C18H17NO2. The smallest absolute Gasteiger partial charge is 0.123 e. The first-order valence-electron chi connectivity index (χ1n) is 6.79. The Bertz CT molecular complexity index is 774. The van der Waals surface area contributed by atoms with E-state index in [2.05, 4.69) is 36.2 Å². The van der Waals surface area contributed by atoms with Gasteiger partial charge in [0.05, 0.1) is 19.9 Å². The van der Waals surface area contributed by atoms with Gasteiger partial charge in [-0.05, 0) is 36.6 Å². The number of fused-ring (bicyclic) bond motifs is 1. The van der Waals surface area contributed by atoms with E-state index in [1.54, 1.807) is 14.2 Å². The number of hydrogen-bond donors (Lipinski definition) is 0. The normalized spacial score (nSPS) is 10.6. The highest BCUT2D eigenvalue weighted by Gasteiger charge is 2.06. The van der Waals surface area contributed by atoms with E-state index in [1.807, 2.05) is 24.4 Å². The molecule has 1 heterocycles. The number of nitrogens with zero attached hydrogens (tertiary/aromatic N) is 1. The van der Waals surface area contributed by atoms with Crippen LogP contribution in [0, 0.1) is 6.92 Å². The van der Waals surface area contributed by atoms with Gasteiger partial charge in [-0.15, -0.1) is 0 Å². The van der Waals surface area contributed by atoms with Crippen molar-refractivity contribution in [3.05, 3.63) is 54.2 Å². The Balaban J connectivity index is 2.13. The molecule has 0 aliphatic rings. The van der Waals surface area contributed by atoms with E-state index in [4.69, 9.17) is 9.47 Å². The Morgan fingerprint density at radius 2 is 1.52 bits per heavy atom. The van der Waals surface area contributed by atoms with Crippen LogP contribution in [-0.4, -0.2) is 19.2 Å². The average Bonchev–Trinajstić information content (AvgIpc) is 2.53. The fourth-order valence-electron chi connectivity index (χ4n) is 2.37. The highest BCUT2D eigenvalue weighted by atomic mass is 16.5. The molecule has 0 N–H and O–H groups in total. The maximum Gasteiger partial charge on any atom is 0.123 e. The molecule has 0 bridgehead atoms. The van der Waals surface area contributed by atoms with Gasteiger partial charge in [0, 0.05) is 23.2 Å². The van der Waals surface area contributed by atoms with Gasteiger partial charge in [-0.3, -0.25) is 4.98 Å². The predicted octanol–water partition coefficient (Wildman–Crippen LogP) is 4.23. The molecule has 0 amide bonds. The van der Waals surface area contributed by atoms with Crippen LogP contribution >= 0.6 is 0 Å². The lowest BCUT2D eigenvalue weighted by atomic mass is 10.1. The van der Waals surface area contributed by atoms with Crippen LogP contribution in [0.2, 0.25) is 0 Å². The van der Waals surface area contributed by atoms with E-state index in [1.165, 1.54) is 10.9 Å². The molecule has 0 saturated heterocycles. The largest absolute Gasteiger partial charge is 0.497 e. The van der Waals surface area contributed by atoms with Crippen LogP contribution in [0.1, 0.15) is 5.56 Å². The number of aromatic nitrogens is 1. The number of hydrogen-bond acceptors (Lipinski definition) is 3. The summed E-state index contributed by atoms with van der Waals surface area (Å²) in [4.78, 5) is 4.56. The molecule has 2 aromatic carbocycles. The second kappa shape index (κ2) is 5.44. The van der Waals surface area contributed by atoms with Crippen LogP contribution in [0.4, 0.5) is 0 Å². The summed E-state index contributed by atoms with van der Waals surface area (Å²) < 4.78 is 10.6. The Hall–Kier alpha value is -2.55. The molecule has 1 aromatic heterocycles. The first kappa shape index (κ1) is 13.4. The number of rotatable bonds is 3. The summed E-state index contributed by atoms with van der Waals surface area (Å²) in [5.41, 5.74) is 3.12. The van der Waals surface area contributed by atoms with Gasteiger partial charge in [-0.2, -0.15) is 0 Å². The van der Waals surface area contributed by atoms with E-state index in [0.717, 1.165) is 28.1 Å². The minimum absolute atomic E-state index is 0.759. The lowest BCUT2D eigenvalue weighted by Crippen LogP contribution is -1.90. The molecule has 0 radical (unpaired) electrons. The Morgan fingerprint density at radius 1 is 0.810 bits per heavy atom. The minimum atomic E-state index is 0.759. The summed E-state index contributed by atoms with van der Waals surface area (Å²) in [5.74, 6) is 1.52.